The molecule has 3 fully saturated rings. The van der Waals surface area contributed by atoms with E-state index in [0.29, 0.717) is 15.7 Å². The van der Waals surface area contributed by atoms with E-state index in [1.807, 2.05) is 0 Å². The van der Waals surface area contributed by atoms with Crippen molar-refractivity contribution >= 4 is 46.6 Å². The Labute approximate surface area is 178 Å². The number of nitrogens with zero attached hydrogens (tertiary/aromatic N) is 1. The molecule has 0 radical (unpaired) electrons. The smallest absolute Gasteiger partial charge is 0.229 e. The van der Waals surface area contributed by atoms with E-state index in [1.54, 1.807) is 12.1 Å². The van der Waals surface area contributed by atoms with Crippen molar-refractivity contribution in [1.29, 1.82) is 0 Å². The third kappa shape index (κ3) is 4.35. The predicted molar refractivity (Wildman–Crippen MR) is 109 cm³/mol. The Balaban J connectivity index is 1.50. The predicted octanol–water partition coefficient (Wildman–Crippen LogP) is 1.50. The number of benzene rings is 1. The van der Waals surface area contributed by atoms with Gasteiger partial charge in [-0.05, 0) is 31.0 Å². The first-order chi connectivity index (χ1) is 13.9. The second-order valence-electron chi connectivity index (χ2n) is 7.67. The monoisotopic (exact) mass is 439 g/mol. The fourth-order valence-electron chi connectivity index (χ4n) is 4.25. The Morgan fingerprint density at radius 1 is 1.10 bits per heavy atom. The van der Waals surface area contributed by atoms with Crippen LogP contribution in [-0.4, -0.2) is 48.2 Å². The summed E-state index contributed by atoms with van der Waals surface area (Å²) < 4.78 is 0. The first-order valence-electron chi connectivity index (χ1n) is 9.78. The van der Waals surface area contributed by atoms with Gasteiger partial charge in [0, 0.05) is 24.5 Å². The van der Waals surface area contributed by atoms with Crippen LogP contribution in [0.15, 0.2) is 18.2 Å². The summed E-state index contributed by atoms with van der Waals surface area (Å²) in [6, 6.07) is 4.72. The minimum atomic E-state index is -0.810. The fraction of sp³-hybridized carbons (Fsp3) is 0.526. The van der Waals surface area contributed by atoms with Gasteiger partial charge in [-0.2, -0.15) is 0 Å². The summed E-state index contributed by atoms with van der Waals surface area (Å²) in [4.78, 5) is 40.3. The summed E-state index contributed by atoms with van der Waals surface area (Å²) >= 11 is 12.0. The highest BCUT2D eigenvalue weighted by molar-refractivity contribution is 6.36. The van der Waals surface area contributed by atoms with E-state index in [1.165, 1.54) is 12.5 Å². The van der Waals surface area contributed by atoms with Crippen LogP contribution in [0.25, 0.3) is 0 Å². The zero-order chi connectivity index (χ0) is 20.5. The molecule has 4 atom stereocenters. The lowest BCUT2D eigenvalue weighted by Crippen LogP contribution is -2.74. The summed E-state index contributed by atoms with van der Waals surface area (Å²) in [5, 5.41) is 12.6. The van der Waals surface area contributed by atoms with E-state index in [0.717, 1.165) is 25.9 Å². The van der Waals surface area contributed by atoms with Crippen molar-refractivity contribution in [2.75, 3.05) is 18.4 Å². The van der Waals surface area contributed by atoms with Crippen molar-refractivity contribution in [2.45, 2.75) is 38.1 Å². The van der Waals surface area contributed by atoms with Crippen molar-refractivity contribution in [1.82, 2.24) is 20.9 Å². The molecule has 0 aliphatic carbocycles. The van der Waals surface area contributed by atoms with E-state index < -0.39 is 23.9 Å². The van der Waals surface area contributed by atoms with E-state index in [-0.39, 0.29) is 24.5 Å². The van der Waals surface area contributed by atoms with Crippen molar-refractivity contribution in [3.8, 4) is 0 Å². The molecule has 29 heavy (non-hydrogen) atoms. The number of hydrogen-bond acceptors (Lipinski definition) is 5. The molecule has 3 aliphatic heterocycles. The topological polar surface area (TPSA) is 103 Å². The lowest BCUT2D eigenvalue weighted by Gasteiger charge is -2.46. The first kappa shape index (κ1) is 20.4. The standard InChI is InChI=1S/C19H23Cl2N5O3/c20-10-4-5-13(12(21)8-10)22-17(28)11-9-14(27)23-16-15(11)18(29)25-19(24-16)26-6-2-1-3-7-26/h4-5,8,11,15-16,19,24H,1-3,6-7,9H2,(H,22,28)(H,23,27)(H,25,29). The van der Waals surface area contributed by atoms with Gasteiger partial charge < -0.3 is 16.0 Å². The van der Waals surface area contributed by atoms with Crippen LogP contribution in [0.1, 0.15) is 25.7 Å². The van der Waals surface area contributed by atoms with Gasteiger partial charge in [0.05, 0.1) is 28.7 Å². The Morgan fingerprint density at radius 2 is 1.86 bits per heavy atom. The zero-order valence-electron chi connectivity index (χ0n) is 15.7. The molecule has 3 heterocycles. The Bertz CT molecular complexity index is 830. The van der Waals surface area contributed by atoms with E-state index in [9.17, 15) is 14.4 Å². The third-order valence-electron chi connectivity index (χ3n) is 5.72. The number of halogens is 2. The van der Waals surface area contributed by atoms with Gasteiger partial charge in [-0.1, -0.05) is 29.6 Å². The lowest BCUT2D eigenvalue weighted by molar-refractivity contribution is -0.147. The maximum atomic E-state index is 12.9. The number of carbonyl (C=O) groups excluding carboxylic acids is 3. The molecule has 3 aliphatic rings. The molecule has 3 saturated heterocycles. The van der Waals surface area contributed by atoms with Gasteiger partial charge >= 0.3 is 0 Å². The van der Waals surface area contributed by atoms with Crippen LogP contribution in [0.4, 0.5) is 5.69 Å². The first-order valence-corrected chi connectivity index (χ1v) is 10.5. The van der Waals surface area contributed by atoms with Crippen molar-refractivity contribution in [3.63, 3.8) is 0 Å². The largest absolute Gasteiger partial charge is 0.340 e. The van der Waals surface area contributed by atoms with Crippen LogP contribution in [0.2, 0.25) is 10.0 Å². The molecular formula is C19H23Cl2N5O3. The highest BCUT2D eigenvalue weighted by Crippen LogP contribution is 2.31. The molecule has 4 N–H and O–H groups in total. The number of fused-ring (bicyclic) bond motifs is 1. The molecule has 156 valence electrons. The Kier molecular flexibility index (Phi) is 5.96. The highest BCUT2D eigenvalue weighted by atomic mass is 35.5. The van der Waals surface area contributed by atoms with Crippen LogP contribution in [0.5, 0.6) is 0 Å². The maximum Gasteiger partial charge on any atom is 0.229 e. The van der Waals surface area contributed by atoms with E-state index in [4.69, 9.17) is 23.2 Å². The molecule has 10 heteroatoms. The van der Waals surface area contributed by atoms with Crippen LogP contribution < -0.4 is 21.3 Å². The number of carbonyl (C=O) groups is 3. The van der Waals surface area contributed by atoms with Crippen molar-refractivity contribution in [3.05, 3.63) is 28.2 Å². The fourth-order valence-corrected chi connectivity index (χ4v) is 4.70. The normalized spacial score (nSPS) is 30.1. The van der Waals surface area contributed by atoms with Crippen LogP contribution >= 0.6 is 23.2 Å². The number of amides is 3. The number of nitrogens with one attached hydrogen (secondary N) is 4. The Morgan fingerprint density at radius 3 is 2.59 bits per heavy atom. The number of piperidine rings is 2. The Hall–Kier alpha value is -1.87. The molecule has 0 bridgehead atoms. The minimum absolute atomic E-state index is 0.0678. The summed E-state index contributed by atoms with van der Waals surface area (Å²) in [5.41, 5.74) is 0.388. The number of hydrogen-bond donors (Lipinski definition) is 4. The van der Waals surface area contributed by atoms with Gasteiger partial charge in [0.2, 0.25) is 17.7 Å². The van der Waals surface area contributed by atoms with Gasteiger partial charge in [0.1, 0.15) is 6.29 Å². The zero-order valence-corrected chi connectivity index (χ0v) is 17.2. The van der Waals surface area contributed by atoms with Crippen LogP contribution in [-0.2, 0) is 14.4 Å². The quantitative estimate of drug-likeness (QED) is 0.571. The molecule has 8 nitrogen and oxygen atoms in total. The molecule has 4 unspecified atom stereocenters. The highest BCUT2D eigenvalue weighted by Gasteiger charge is 2.49. The average molecular weight is 440 g/mol. The number of likely N-dealkylation sites (tertiary alicyclic amines) is 1. The van der Waals surface area contributed by atoms with Crippen LogP contribution in [0.3, 0.4) is 0 Å². The molecule has 3 amide bonds. The SMILES string of the molecule is O=C1CC(C(=O)Nc2ccc(Cl)cc2Cl)C2C(=O)NC(N3CCCCC3)NC2N1. The molecule has 0 aromatic heterocycles. The van der Waals surface area contributed by atoms with Gasteiger partial charge in [0.15, 0.2) is 0 Å². The molecule has 0 saturated carbocycles. The van der Waals surface area contributed by atoms with E-state index in [2.05, 4.69) is 26.2 Å². The second-order valence-corrected chi connectivity index (χ2v) is 8.51. The summed E-state index contributed by atoms with van der Waals surface area (Å²) in [6.45, 7) is 1.75. The van der Waals surface area contributed by atoms with Crippen molar-refractivity contribution < 1.29 is 14.4 Å². The third-order valence-corrected chi connectivity index (χ3v) is 6.26. The van der Waals surface area contributed by atoms with Gasteiger partial charge in [-0.3, -0.25) is 24.6 Å². The molecule has 4 rings (SSSR count). The van der Waals surface area contributed by atoms with Crippen molar-refractivity contribution in [2.24, 2.45) is 11.8 Å². The second kappa shape index (κ2) is 8.47. The molecular weight excluding hydrogens is 417 g/mol. The van der Waals surface area contributed by atoms with Gasteiger partial charge in [-0.15, -0.1) is 0 Å². The van der Waals surface area contributed by atoms with Crippen LogP contribution in [0, 0.1) is 11.8 Å². The molecule has 1 aromatic rings. The molecule has 0 spiro atoms. The van der Waals surface area contributed by atoms with Gasteiger partial charge in [0.25, 0.3) is 0 Å². The molecule has 1 aromatic carbocycles. The lowest BCUT2D eigenvalue weighted by atomic mass is 9.81. The summed E-state index contributed by atoms with van der Waals surface area (Å²) in [5.74, 6) is -2.46. The van der Waals surface area contributed by atoms with E-state index >= 15 is 0 Å². The summed E-state index contributed by atoms with van der Waals surface area (Å²) in [7, 11) is 0. The van der Waals surface area contributed by atoms with Gasteiger partial charge in [-0.25, -0.2) is 0 Å². The summed E-state index contributed by atoms with van der Waals surface area (Å²) in [6.07, 6.45) is 2.30. The maximum absolute atomic E-state index is 12.9. The number of rotatable bonds is 3. The number of anilines is 1. The minimum Gasteiger partial charge on any atom is -0.340 e. The average Bonchev–Trinajstić information content (AvgIpc) is 2.69.